The third kappa shape index (κ3) is 9.88. The maximum absolute atomic E-state index is 13.9. The van der Waals surface area contributed by atoms with Crippen molar-refractivity contribution in [3.63, 3.8) is 0 Å². The van der Waals surface area contributed by atoms with E-state index >= 15 is 0 Å². The summed E-state index contributed by atoms with van der Waals surface area (Å²) >= 11 is 15.1. The fraction of sp³-hybridized carbons (Fsp3) is 0.385. The predicted octanol–water partition coefficient (Wildman–Crippen LogP) is 7.59. The number of hydrogen-bond acceptors (Lipinski definition) is 11. The molecule has 2 amide bonds. The van der Waals surface area contributed by atoms with Gasteiger partial charge in [0.2, 0.25) is 6.29 Å². The Bertz CT molecular complexity index is 2000. The maximum Gasteiger partial charge on any atom is 0.511 e. The first-order valence-electron chi connectivity index (χ1n) is 17.6. The number of benzene rings is 3. The molecule has 0 aliphatic carbocycles. The smallest absolute Gasteiger partial charge is 0.464 e. The third-order valence-electron chi connectivity index (χ3n) is 9.08. The summed E-state index contributed by atoms with van der Waals surface area (Å²) in [4.78, 5) is 55.8. The molecule has 1 saturated heterocycles. The van der Waals surface area contributed by atoms with Crippen LogP contribution in [0.1, 0.15) is 63.6 Å². The van der Waals surface area contributed by atoms with E-state index < -0.39 is 30.4 Å². The Kier molecular flexibility index (Phi) is 13.4. The van der Waals surface area contributed by atoms with Crippen molar-refractivity contribution in [3.05, 3.63) is 98.7 Å². The molecule has 0 radical (unpaired) electrons. The second kappa shape index (κ2) is 18.4. The van der Waals surface area contributed by atoms with E-state index in [1.165, 1.54) is 18.7 Å². The first-order chi connectivity index (χ1) is 26.1. The molecule has 3 atom stereocenters. The quantitative estimate of drug-likeness (QED) is 0.0619. The number of rotatable bonds is 13. The second-order valence-corrected chi connectivity index (χ2v) is 14.5. The lowest BCUT2D eigenvalue weighted by atomic mass is 9.95. The number of ether oxygens (including phenoxy) is 5. The molecular formula is C39H40Cl2N2O10S. The highest BCUT2D eigenvalue weighted by Gasteiger charge is 2.31. The average Bonchev–Trinajstić information content (AvgIpc) is 3.64. The van der Waals surface area contributed by atoms with Crippen molar-refractivity contribution in [3.8, 4) is 0 Å². The van der Waals surface area contributed by atoms with Gasteiger partial charge in [-0.15, -0.1) is 11.8 Å². The van der Waals surface area contributed by atoms with E-state index in [0.717, 1.165) is 35.1 Å². The molecule has 12 nitrogen and oxygen atoms in total. The summed E-state index contributed by atoms with van der Waals surface area (Å²) in [5.74, 6) is -1.73. The monoisotopic (exact) mass is 798 g/mol. The molecule has 3 heterocycles. The molecule has 54 heavy (non-hydrogen) atoms. The lowest BCUT2D eigenvalue weighted by molar-refractivity contribution is -0.175. The molecule has 4 aromatic rings. The first kappa shape index (κ1) is 39.4. The lowest BCUT2D eigenvalue weighted by Crippen LogP contribution is -2.45. The Morgan fingerprint density at radius 3 is 2.69 bits per heavy atom. The predicted molar refractivity (Wildman–Crippen MR) is 202 cm³/mol. The van der Waals surface area contributed by atoms with Crippen molar-refractivity contribution in [2.24, 2.45) is 0 Å². The Labute approximate surface area is 326 Å². The zero-order valence-electron chi connectivity index (χ0n) is 29.8. The molecule has 3 aromatic carbocycles. The minimum Gasteiger partial charge on any atom is -0.464 e. The van der Waals surface area contributed by atoms with Crippen molar-refractivity contribution in [2.45, 2.75) is 69.1 Å². The largest absolute Gasteiger partial charge is 0.511 e. The topological polar surface area (TPSA) is 143 Å². The zero-order valence-corrected chi connectivity index (χ0v) is 32.1. The Morgan fingerprint density at radius 2 is 1.89 bits per heavy atom. The molecule has 15 heteroatoms. The number of carbonyl (C=O) groups is 4. The third-order valence-corrected chi connectivity index (χ3v) is 10.5. The number of amides is 2. The summed E-state index contributed by atoms with van der Waals surface area (Å²) in [5, 5.41) is 3.82. The molecule has 0 saturated carbocycles. The number of thioether (sulfide) groups is 1. The van der Waals surface area contributed by atoms with E-state index in [9.17, 15) is 19.2 Å². The van der Waals surface area contributed by atoms with E-state index in [-0.39, 0.29) is 54.0 Å². The van der Waals surface area contributed by atoms with Gasteiger partial charge in [0, 0.05) is 48.9 Å². The van der Waals surface area contributed by atoms with Crippen LogP contribution in [0.15, 0.2) is 70.2 Å². The van der Waals surface area contributed by atoms with E-state index in [4.69, 9.17) is 51.3 Å². The zero-order chi connectivity index (χ0) is 38.2. The van der Waals surface area contributed by atoms with Gasteiger partial charge in [0.1, 0.15) is 18.2 Å². The molecule has 2 aliphatic rings. The van der Waals surface area contributed by atoms with Gasteiger partial charge in [-0.05, 0) is 85.0 Å². The van der Waals surface area contributed by atoms with Gasteiger partial charge in [0.15, 0.2) is 6.29 Å². The fourth-order valence-electron chi connectivity index (χ4n) is 6.35. The van der Waals surface area contributed by atoms with Crippen LogP contribution in [-0.4, -0.2) is 80.1 Å². The number of hydrogen-bond donors (Lipinski definition) is 1. The highest BCUT2D eigenvalue weighted by molar-refractivity contribution is 7.98. The van der Waals surface area contributed by atoms with Gasteiger partial charge in [-0.25, -0.2) is 9.59 Å². The molecule has 0 spiro atoms. The van der Waals surface area contributed by atoms with E-state index in [2.05, 4.69) is 5.32 Å². The van der Waals surface area contributed by atoms with Crippen molar-refractivity contribution in [1.82, 2.24) is 10.2 Å². The SMILES string of the molecule is CSc1cccc(C[C@H](NC(=O)c2c(Cl)cc3c(c2Cl)CCN(C(=O)c2ccc4ccoc4c2)C3)C(=O)OC(C)OC(=O)OCCOC2CCCCO2)c1. The van der Waals surface area contributed by atoms with Crippen LogP contribution in [-0.2, 0) is 47.9 Å². The van der Waals surface area contributed by atoms with Crippen LogP contribution in [0.25, 0.3) is 11.0 Å². The van der Waals surface area contributed by atoms with Crippen LogP contribution in [0, 0.1) is 0 Å². The van der Waals surface area contributed by atoms with E-state index in [1.807, 2.05) is 42.7 Å². The van der Waals surface area contributed by atoms with Crippen LogP contribution in [0.2, 0.25) is 10.0 Å². The molecule has 2 unspecified atom stereocenters. The number of furan rings is 1. The summed E-state index contributed by atoms with van der Waals surface area (Å²) in [6.45, 7) is 2.61. The van der Waals surface area contributed by atoms with Gasteiger partial charge < -0.3 is 38.3 Å². The Morgan fingerprint density at radius 1 is 1.04 bits per heavy atom. The number of halogens is 2. The molecule has 1 fully saturated rings. The van der Waals surface area contributed by atoms with Crippen LogP contribution < -0.4 is 5.32 Å². The number of fused-ring (bicyclic) bond motifs is 2. The number of esters is 1. The van der Waals surface area contributed by atoms with Gasteiger partial charge >= 0.3 is 12.1 Å². The molecule has 2 aliphatic heterocycles. The Hall–Kier alpha value is -4.27. The summed E-state index contributed by atoms with van der Waals surface area (Å²) in [6, 6.07) is 15.0. The normalized spacial score (nSPS) is 16.6. The van der Waals surface area contributed by atoms with Crippen molar-refractivity contribution < 1.29 is 47.3 Å². The van der Waals surface area contributed by atoms with Crippen LogP contribution in [0.4, 0.5) is 4.79 Å². The highest BCUT2D eigenvalue weighted by atomic mass is 35.5. The minimum absolute atomic E-state index is 0.00971. The summed E-state index contributed by atoms with van der Waals surface area (Å²) in [5.41, 5.74) is 3.23. The first-order valence-corrected chi connectivity index (χ1v) is 19.5. The van der Waals surface area contributed by atoms with Crippen molar-refractivity contribution >= 4 is 69.9 Å². The number of nitrogens with one attached hydrogen (secondary N) is 1. The highest BCUT2D eigenvalue weighted by Crippen LogP contribution is 2.35. The van der Waals surface area contributed by atoms with Gasteiger partial charge in [0.25, 0.3) is 11.8 Å². The van der Waals surface area contributed by atoms with Gasteiger partial charge in [-0.1, -0.05) is 41.4 Å². The van der Waals surface area contributed by atoms with Crippen molar-refractivity contribution in [1.29, 1.82) is 0 Å². The molecular weight excluding hydrogens is 759 g/mol. The van der Waals surface area contributed by atoms with Crippen LogP contribution in [0.3, 0.4) is 0 Å². The Balaban J connectivity index is 1.11. The lowest BCUT2D eigenvalue weighted by Gasteiger charge is -2.30. The average molecular weight is 800 g/mol. The van der Waals surface area contributed by atoms with Crippen LogP contribution in [0.5, 0.6) is 0 Å². The molecule has 6 rings (SSSR count). The molecule has 1 aromatic heterocycles. The van der Waals surface area contributed by atoms with E-state index in [1.54, 1.807) is 29.4 Å². The molecule has 0 bridgehead atoms. The minimum atomic E-state index is -1.34. The van der Waals surface area contributed by atoms with E-state index in [0.29, 0.717) is 41.8 Å². The summed E-state index contributed by atoms with van der Waals surface area (Å²) < 4.78 is 32.1. The van der Waals surface area contributed by atoms with Gasteiger partial charge in [-0.2, -0.15) is 0 Å². The summed E-state index contributed by atoms with van der Waals surface area (Å²) in [6.07, 6.45) is 3.96. The second-order valence-electron chi connectivity index (χ2n) is 12.8. The van der Waals surface area contributed by atoms with Gasteiger partial charge in [-0.3, -0.25) is 9.59 Å². The number of nitrogens with zero attached hydrogens (tertiary/aromatic N) is 1. The molecule has 1 N–H and O–H groups in total. The number of carbonyl (C=O) groups excluding carboxylic acids is 4. The van der Waals surface area contributed by atoms with Gasteiger partial charge in [0.05, 0.1) is 28.5 Å². The maximum atomic E-state index is 13.9. The van der Waals surface area contributed by atoms with Crippen molar-refractivity contribution in [2.75, 3.05) is 32.6 Å². The molecule has 286 valence electrons. The summed E-state index contributed by atoms with van der Waals surface area (Å²) in [7, 11) is 0. The fourth-order valence-corrected chi connectivity index (χ4v) is 7.60. The standard InChI is InChI=1S/C39H40Cl2N2O10S/c1-23(53-39(47)51-17-16-50-33-8-3-4-14-49-33)52-38(46)31(19-24-6-5-7-28(18-24)54-2)42-36(44)34-30(40)20-27-22-43(13-11-29(27)35(34)41)37(45)26-10-9-25-12-15-48-32(25)21-26/h5-7,9-10,12,15,18,20-21,23,31,33H,3-4,8,11,13-14,16-17,19,22H2,1-2H3,(H,42,44)/t23?,31-,33?/m0/s1. The van der Waals surface area contributed by atoms with Crippen LogP contribution >= 0.6 is 35.0 Å².